The van der Waals surface area contributed by atoms with Gasteiger partial charge in [0.2, 0.25) is 5.91 Å². The molecule has 27 heavy (non-hydrogen) atoms. The quantitative estimate of drug-likeness (QED) is 0.584. The largest absolute Gasteiger partial charge is 0.452 e. The molecule has 142 valence electrons. The molecule has 1 heterocycles. The van der Waals surface area contributed by atoms with Crippen LogP contribution >= 0.6 is 11.6 Å². The molecule has 7 nitrogen and oxygen atoms in total. The summed E-state index contributed by atoms with van der Waals surface area (Å²) in [5.41, 5.74) is 3.90. The van der Waals surface area contributed by atoms with Crippen molar-refractivity contribution in [1.29, 1.82) is 0 Å². The Kier molecular flexibility index (Phi) is 6.90. The fraction of sp³-hybridized carbons (Fsp3) is 0.263. The van der Waals surface area contributed by atoms with E-state index in [1.54, 1.807) is 0 Å². The number of rotatable bonds is 6. The van der Waals surface area contributed by atoms with Crippen molar-refractivity contribution < 1.29 is 19.1 Å². The number of hydrogen-bond acceptors (Lipinski definition) is 5. The van der Waals surface area contributed by atoms with E-state index in [1.165, 1.54) is 18.3 Å². The predicted molar refractivity (Wildman–Crippen MR) is 102 cm³/mol. The number of aryl methyl sites for hydroxylation is 3. The molecule has 2 aromatic rings. The van der Waals surface area contributed by atoms with Gasteiger partial charge in [-0.2, -0.15) is 0 Å². The van der Waals surface area contributed by atoms with Crippen LogP contribution < -0.4 is 10.6 Å². The smallest absolute Gasteiger partial charge is 0.338 e. The minimum absolute atomic E-state index is 0.146. The average molecular weight is 390 g/mol. The lowest BCUT2D eigenvalue weighted by atomic mass is 10.1. The van der Waals surface area contributed by atoms with Crippen LogP contribution in [0, 0.1) is 20.8 Å². The number of pyridine rings is 1. The van der Waals surface area contributed by atoms with Crippen molar-refractivity contribution in [1.82, 2.24) is 10.3 Å². The number of nitrogens with one attached hydrogen (secondary N) is 2. The lowest BCUT2D eigenvalue weighted by molar-refractivity contribution is -0.126. The molecule has 0 unspecified atom stereocenters. The number of anilines is 1. The second-order valence-corrected chi connectivity index (χ2v) is 6.43. The van der Waals surface area contributed by atoms with Gasteiger partial charge in [0.1, 0.15) is 5.15 Å². The Morgan fingerprint density at radius 1 is 1.07 bits per heavy atom. The highest BCUT2D eigenvalue weighted by molar-refractivity contribution is 6.29. The molecule has 0 atom stereocenters. The number of amides is 2. The number of carbonyl (C=O) groups is 3. The van der Waals surface area contributed by atoms with Crippen LogP contribution in [0.3, 0.4) is 0 Å². The minimum atomic E-state index is -0.704. The van der Waals surface area contributed by atoms with E-state index in [0.717, 1.165) is 22.4 Å². The first-order valence-electron chi connectivity index (χ1n) is 8.19. The molecular weight excluding hydrogens is 370 g/mol. The maximum Gasteiger partial charge on any atom is 0.338 e. The number of nitrogens with zero attached hydrogens (tertiary/aromatic N) is 1. The number of aromatic nitrogens is 1. The zero-order valence-electron chi connectivity index (χ0n) is 15.3. The van der Waals surface area contributed by atoms with Crippen LogP contribution in [0.25, 0.3) is 0 Å². The van der Waals surface area contributed by atoms with Gasteiger partial charge in [0.15, 0.2) is 6.61 Å². The second kappa shape index (κ2) is 9.14. The fourth-order valence-electron chi connectivity index (χ4n) is 2.53. The lowest BCUT2D eigenvalue weighted by Gasteiger charge is -2.13. The van der Waals surface area contributed by atoms with Crippen LogP contribution in [0.1, 0.15) is 27.0 Å². The second-order valence-electron chi connectivity index (χ2n) is 6.04. The Morgan fingerprint density at radius 3 is 2.37 bits per heavy atom. The van der Waals surface area contributed by atoms with E-state index in [4.69, 9.17) is 16.3 Å². The third kappa shape index (κ3) is 6.07. The van der Waals surface area contributed by atoms with Gasteiger partial charge in [-0.1, -0.05) is 29.3 Å². The summed E-state index contributed by atoms with van der Waals surface area (Å²) in [5, 5.41) is 5.33. The van der Waals surface area contributed by atoms with Crippen LogP contribution in [0.5, 0.6) is 0 Å². The Hall–Kier alpha value is -2.93. The Bertz CT molecular complexity index is 860. The SMILES string of the molecule is Cc1cc(C)c(NC(=O)CNC(=O)COC(=O)c2ccnc(Cl)c2)c(C)c1. The summed E-state index contributed by atoms with van der Waals surface area (Å²) in [6.07, 6.45) is 1.36. The van der Waals surface area contributed by atoms with Gasteiger partial charge in [0.05, 0.1) is 12.1 Å². The highest BCUT2D eigenvalue weighted by Crippen LogP contribution is 2.21. The number of ether oxygens (including phenoxy) is 1. The van der Waals surface area contributed by atoms with E-state index in [0.29, 0.717) is 0 Å². The summed E-state index contributed by atoms with van der Waals surface area (Å²) >= 11 is 5.69. The molecule has 8 heteroatoms. The lowest BCUT2D eigenvalue weighted by Crippen LogP contribution is -2.35. The van der Waals surface area contributed by atoms with Gasteiger partial charge in [-0.15, -0.1) is 0 Å². The van der Waals surface area contributed by atoms with E-state index < -0.39 is 18.5 Å². The van der Waals surface area contributed by atoms with Crippen molar-refractivity contribution >= 4 is 35.1 Å². The fourth-order valence-corrected chi connectivity index (χ4v) is 2.71. The average Bonchev–Trinajstić information content (AvgIpc) is 2.60. The molecule has 0 aliphatic carbocycles. The molecule has 0 aliphatic rings. The van der Waals surface area contributed by atoms with Crippen molar-refractivity contribution in [2.75, 3.05) is 18.5 Å². The molecule has 0 radical (unpaired) electrons. The van der Waals surface area contributed by atoms with E-state index in [-0.39, 0.29) is 23.2 Å². The molecule has 0 bridgehead atoms. The zero-order chi connectivity index (χ0) is 20.0. The molecule has 2 amide bonds. The monoisotopic (exact) mass is 389 g/mol. The van der Waals surface area contributed by atoms with Gasteiger partial charge in [0.25, 0.3) is 5.91 Å². The normalized spacial score (nSPS) is 10.2. The van der Waals surface area contributed by atoms with Gasteiger partial charge in [0, 0.05) is 11.9 Å². The van der Waals surface area contributed by atoms with Crippen LogP contribution in [0.4, 0.5) is 5.69 Å². The van der Waals surface area contributed by atoms with Crippen LogP contribution in [0.15, 0.2) is 30.5 Å². The summed E-state index contributed by atoms with van der Waals surface area (Å²) in [5.74, 6) is -1.66. The summed E-state index contributed by atoms with van der Waals surface area (Å²) in [6, 6.07) is 6.69. The van der Waals surface area contributed by atoms with Gasteiger partial charge < -0.3 is 15.4 Å². The van der Waals surface area contributed by atoms with E-state index in [2.05, 4.69) is 15.6 Å². The van der Waals surface area contributed by atoms with Gasteiger partial charge in [-0.3, -0.25) is 9.59 Å². The number of carbonyl (C=O) groups excluding carboxylic acids is 3. The summed E-state index contributed by atoms with van der Waals surface area (Å²) in [6.45, 7) is 5.05. The number of benzene rings is 1. The molecule has 0 saturated heterocycles. The van der Waals surface area contributed by atoms with Crippen molar-refractivity contribution in [2.45, 2.75) is 20.8 Å². The third-order valence-corrected chi connectivity index (χ3v) is 3.89. The van der Waals surface area contributed by atoms with E-state index in [9.17, 15) is 14.4 Å². The highest BCUT2D eigenvalue weighted by Gasteiger charge is 2.13. The minimum Gasteiger partial charge on any atom is -0.452 e. The maximum absolute atomic E-state index is 12.0. The van der Waals surface area contributed by atoms with Crippen molar-refractivity contribution in [3.05, 3.63) is 57.9 Å². The molecule has 2 rings (SSSR count). The van der Waals surface area contributed by atoms with Gasteiger partial charge in [-0.05, 0) is 44.0 Å². The topological polar surface area (TPSA) is 97.4 Å². The number of hydrogen-bond donors (Lipinski definition) is 2. The Balaban J connectivity index is 1.80. The molecule has 2 N–H and O–H groups in total. The zero-order valence-corrected chi connectivity index (χ0v) is 16.0. The van der Waals surface area contributed by atoms with Crippen molar-refractivity contribution in [3.63, 3.8) is 0 Å². The van der Waals surface area contributed by atoms with Crippen LogP contribution in [-0.4, -0.2) is 35.9 Å². The molecule has 0 saturated carbocycles. The Labute approximate surface area is 162 Å². The summed E-state index contributed by atoms with van der Waals surface area (Å²) in [7, 11) is 0. The molecule has 1 aromatic carbocycles. The number of halogens is 1. The van der Waals surface area contributed by atoms with Crippen molar-refractivity contribution in [3.8, 4) is 0 Å². The van der Waals surface area contributed by atoms with E-state index >= 15 is 0 Å². The first kappa shape index (κ1) is 20.4. The number of esters is 1. The molecule has 0 spiro atoms. The van der Waals surface area contributed by atoms with Crippen LogP contribution in [-0.2, 0) is 14.3 Å². The van der Waals surface area contributed by atoms with E-state index in [1.807, 2.05) is 32.9 Å². The Morgan fingerprint density at radius 2 is 1.74 bits per heavy atom. The molecule has 0 aliphatic heterocycles. The van der Waals surface area contributed by atoms with Crippen molar-refractivity contribution in [2.24, 2.45) is 0 Å². The first-order chi connectivity index (χ1) is 12.8. The van der Waals surface area contributed by atoms with Gasteiger partial charge >= 0.3 is 5.97 Å². The molecule has 1 aromatic heterocycles. The predicted octanol–water partition coefficient (Wildman–Crippen LogP) is 2.57. The third-order valence-electron chi connectivity index (χ3n) is 3.68. The summed E-state index contributed by atoms with van der Waals surface area (Å²) < 4.78 is 4.88. The molecule has 0 fully saturated rings. The first-order valence-corrected chi connectivity index (χ1v) is 8.57. The van der Waals surface area contributed by atoms with Crippen LogP contribution in [0.2, 0.25) is 5.15 Å². The summed E-state index contributed by atoms with van der Waals surface area (Å²) in [4.78, 5) is 39.4. The maximum atomic E-state index is 12.0. The highest BCUT2D eigenvalue weighted by atomic mass is 35.5. The van der Waals surface area contributed by atoms with Gasteiger partial charge in [-0.25, -0.2) is 9.78 Å². The standard InChI is InChI=1S/C19H20ClN3O4/c1-11-6-12(2)18(13(3)7-11)23-16(24)9-22-17(25)10-27-19(26)14-4-5-21-15(20)8-14/h4-8H,9-10H2,1-3H3,(H,22,25)(H,23,24). The molecular formula is C19H20ClN3O4.